The van der Waals surface area contributed by atoms with Gasteiger partial charge in [-0.1, -0.05) is 22.4 Å². The highest BCUT2D eigenvalue weighted by Gasteiger charge is 2.20. The van der Waals surface area contributed by atoms with E-state index in [9.17, 15) is 9.59 Å². The number of hydrogen-bond donors (Lipinski definition) is 1. The zero-order chi connectivity index (χ0) is 19.0. The van der Waals surface area contributed by atoms with Gasteiger partial charge in [-0.05, 0) is 61.9 Å². The lowest BCUT2D eigenvalue weighted by Gasteiger charge is -2.14. The first-order valence-corrected chi connectivity index (χ1v) is 8.96. The van der Waals surface area contributed by atoms with Crippen molar-refractivity contribution in [2.75, 3.05) is 0 Å². The summed E-state index contributed by atoms with van der Waals surface area (Å²) in [5.74, 6) is -0.429. The van der Waals surface area contributed by atoms with Crippen molar-refractivity contribution in [1.82, 2.24) is 20.2 Å². The minimum Gasteiger partial charge on any atom is -0.346 e. The Kier molecular flexibility index (Phi) is 4.35. The van der Waals surface area contributed by atoms with Gasteiger partial charge in [-0.3, -0.25) is 14.2 Å². The zero-order valence-electron chi connectivity index (χ0n) is 15.3. The number of fused-ring (bicyclic) bond motifs is 1. The molecule has 138 valence electrons. The number of aryl methyl sites for hydroxylation is 3. The maximum absolute atomic E-state index is 13.1. The Morgan fingerprint density at radius 1 is 1.22 bits per heavy atom. The van der Waals surface area contributed by atoms with Crippen LogP contribution in [0.15, 0.2) is 39.9 Å². The fraction of sp³-hybridized carbons (Fsp3) is 0.300. The first kappa shape index (κ1) is 17.2. The van der Waals surface area contributed by atoms with Crippen molar-refractivity contribution in [3.8, 4) is 5.69 Å². The number of aromatic nitrogens is 3. The van der Waals surface area contributed by atoms with Gasteiger partial charge in [-0.15, -0.1) is 0 Å². The summed E-state index contributed by atoms with van der Waals surface area (Å²) in [4.78, 5) is 25.8. The first-order chi connectivity index (χ1) is 13.1. The third kappa shape index (κ3) is 3.05. The van der Waals surface area contributed by atoms with E-state index in [2.05, 4.69) is 26.3 Å². The largest absolute Gasteiger partial charge is 0.346 e. The minimum absolute atomic E-state index is 0.141. The zero-order valence-corrected chi connectivity index (χ0v) is 15.3. The summed E-state index contributed by atoms with van der Waals surface area (Å²) in [5, 5.41) is 10.2. The van der Waals surface area contributed by atoms with Gasteiger partial charge >= 0.3 is 0 Å². The van der Waals surface area contributed by atoms with Gasteiger partial charge in [0, 0.05) is 6.20 Å². The van der Waals surface area contributed by atoms with E-state index in [0.717, 1.165) is 24.9 Å². The Morgan fingerprint density at radius 2 is 2.07 bits per heavy atom. The summed E-state index contributed by atoms with van der Waals surface area (Å²) in [6.45, 7) is 3.66. The summed E-state index contributed by atoms with van der Waals surface area (Å²) < 4.78 is 6.21. The molecule has 0 aliphatic heterocycles. The number of carbonyl (C=O) groups is 1. The third-order valence-electron chi connectivity index (χ3n) is 5.07. The van der Waals surface area contributed by atoms with Gasteiger partial charge in [0.2, 0.25) is 0 Å². The molecule has 2 heterocycles. The van der Waals surface area contributed by atoms with Gasteiger partial charge in [-0.2, -0.15) is 0 Å². The molecule has 3 aromatic rings. The van der Waals surface area contributed by atoms with Gasteiger partial charge in [0.1, 0.15) is 17.0 Å². The number of rotatable bonds is 4. The molecule has 0 radical (unpaired) electrons. The second kappa shape index (κ2) is 6.83. The Labute approximate surface area is 156 Å². The van der Waals surface area contributed by atoms with Gasteiger partial charge in [0.15, 0.2) is 0 Å². The predicted molar refractivity (Wildman–Crippen MR) is 99.0 cm³/mol. The molecule has 1 aromatic carbocycles. The topological polar surface area (TPSA) is 90.0 Å². The summed E-state index contributed by atoms with van der Waals surface area (Å²) in [5.41, 5.74) is 4.94. The molecular weight excluding hydrogens is 344 g/mol. The molecule has 7 nitrogen and oxygen atoms in total. The SMILES string of the molecule is Cc1ccn(-c2cccc3c2CCC3)c(=O)c1C(=O)NCc1nonc1C. The summed E-state index contributed by atoms with van der Waals surface area (Å²) in [6, 6.07) is 7.80. The van der Waals surface area contributed by atoms with Crippen LogP contribution in [0.1, 0.15) is 44.9 Å². The molecule has 0 bridgehead atoms. The molecule has 1 aliphatic carbocycles. The predicted octanol–water partition coefficient (Wildman–Crippen LogP) is 2.26. The van der Waals surface area contributed by atoms with Crippen molar-refractivity contribution in [3.63, 3.8) is 0 Å². The lowest BCUT2D eigenvalue weighted by molar-refractivity contribution is 0.0947. The van der Waals surface area contributed by atoms with E-state index in [1.165, 1.54) is 11.1 Å². The van der Waals surface area contributed by atoms with Crippen molar-refractivity contribution in [3.05, 3.63) is 74.5 Å². The average molecular weight is 364 g/mol. The van der Waals surface area contributed by atoms with Crippen molar-refractivity contribution in [1.29, 1.82) is 0 Å². The molecule has 0 saturated carbocycles. The van der Waals surface area contributed by atoms with Crippen molar-refractivity contribution in [2.45, 2.75) is 39.7 Å². The van der Waals surface area contributed by atoms with Gasteiger partial charge in [-0.25, -0.2) is 4.63 Å². The second-order valence-corrected chi connectivity index (χ2v) is 6.80. The van der Waals surface area contributed by atoms with Crippen molar-refractivity contribution < 1.29 is 9.42 Å². The van der Waals surface area contributed by atoms with E-state index in [4.69, 9.17) is 0 Å². The molecule has 0 fully saturated rings. The van der Waals surface area contributed by atoms with Crippen LogP contribution in [-0.4, -0.2) is 20.8 Å². The Hall–Kier alpha value is -3.22. The normalized spacial score (nSPS) is 12.8. The Bertz CT molecular complexity index is 1080. The van der Waals surface area contributed by atoms with Crippen LogP contribution in [-0.2, 0) is 19.4 Å². The first-order valence-electron chi connectivity index (χ1n) is 8.96. The summed E-state index contributed by atoms with van der Waals surface area (Å²) in [7, 11) is 0. The van der Waals surface area contributed by atoms with Gasteiger partial charge in [0.25, 0.3) is 11.5 Å². The molecule has 0 atom stereocenters. The maximum atomic E-state index is 13.1. The van der Waals surface area contributed by atoms with Crippen LogP contribution in [0.2, 0.25) is 0 Å². The van der Waals surface area contributed by atoms with E-state index in [1.54, 1.807) is 30.7 Å². The Balaban J connectivity index is 1.69. The van der Waals surface area contributed by atoms with Crippen LogP contribution >= 0.6 is 0 Å². The highest BCUT2D eigenvalue weighted by atomic mass is 16.6. The van der Waals surface area contributed by atoms with Crippen molar-refractivity contribution >= 4 is 5.91 Å². The highest BCUT2D eigenvalue weighted by Crippen LogP contribution is 2.27. The van der Waals surface area contributed by atoms with Crippen LogP contribution in [0.3, 0.4) is 0 Å². The molecule has 1 N–H and O–H groups in total. The van der Waals surface area contributed by atoms with E-state index < -0.39 is 5.91 Å². The van der Waals surface area contributed by atoms with Crippen LogP contribution < -0.4 is 10.9 Å². The summed E-state index contributed by atoms with van der Waals surface area (Å²) in [6.07, 6.45) is 4.81. The number of carbonyl (C=O) groups excluding carboxylic acids is 1. The number of pyridine rings is 1. The molecule has 1 aliphatic rings. The van der Waals surface area contributed by atoms with E-state index in [0.29, 0.717) is 17.0 Å². The molecular formula is C20H20N4O3. The molecule has 7 heteroatoms. The molecule has 27 heavy (non-hydrogen) atoms. The smallest absolute Gasteiger partial charge is 0.268 e. The third-order valence-corrected chi connectivity index (χ3v) is 5.07. The minimum atomic E-state index is -0.429. The number of amides is 1. The van der Waals surface area contributed by atoms with Gasteiger partial charge < -0.3 is 5.32 Å². The van der Waals surface area contributed by atoms with E-state index >= 15 is 0 Å². The molecule has 0 spiro atoms. The Morgan fingerprint density at radius 3 is 2.85 bits per heavy atom. The molecule has 2 aromatic heterocycles. The van der Waals surface area contributed by atoms with Crippen LogP contribution in [0, 0.1) is 13.8 Å². The van der Waals surface area contributed by atoms with E-state index in [-0.39, 0.29) is 17.7 Å². The lowest BCUT2D eigenvalue weighted by atomic mass is 10.1. The van der Waals surface area contributed by atoms with Crippen molar-refractivity contribution in [2.24, 2.45) is 0 Å². The van der Waals surface area contributed by atoms with Crippen LogP contribution in [0.25, 0.3) is 5.69 Å². The fourth-order valence-electron chi connectivity index (χ4n) is 3.58. The average Bonchev–Trinajstić information content (AvgIpc) is 3.29. The van der Waals surface area contributed by atoms with Crippen LogP contribution in [0.5, 0.6) is 0 Å². The molecule has 1 amide bonds. The number of nitrogens with one attached hydrogen (secondary N) is 1. The second-order valence-electron chi connectivity index (χ2n) is 6.80. The standard InChI is InChI=1S/C20H20N4O3/c1-12-9-10-24(17-8-4-6-14-5-3-7-15(14)17)20(26)18(12)19(25)21-11-16-13(2)22-27-23-16/h4,6,8-10H,3,5,7,11H2,1-2H3,(H,21,25). The highest BCUT2D eigenvalue weighted by molar-refractivity contribution is 5.95. The monoisotopic (exact) mass is 364 g/mol. The maximum Gasteiger partial charge on any atom is 0.268 e. The van der Waals surface area contributed by atoms with Crippen LogP contribution in [0.4, 0.5) is 0 Å². The fourth-order valence-corrected chi connectivity index (χ4v) is 3.58. The number of benzene rings is 1. The summed E-state index contributed by atoms with van der Waals surface area (Å²) >= 11 is 0. The molecule has 4 rings (SSSR count). The molecule has 0 unspecified atom stereocenters. The quantitative estimate of drug-likeness (QED) is 0.767. The van der Waals surface area contributed by atoms with Gasteiger partial charge in [0.05, 0.1) is 12.2 Å². The number of hydrogen-bond acceptors (Lipinski definition) is 5. The molecule has 0 saturated heterocycles. The number of nitrogens with zero attached hydrogens (tertiary/aromatic N) is 3. The lowest BCUT2D eigenvalue weighted by Crippen LogP contribution is -2.33. The van der Waals surface area contributed by atoms with E-state index in [1.807, 2.05) is 12.1 Å².